The van der Waals surface area contributed by atoms with Crippen molar-refractivity contribution in [1.82, 2.24) is 20.0 Å². The third kappa shape index (κ3) is 5.81. The SMILES string of the molecule is Cc1nn(Cc2ccc(F)cc2)c(Cl)c1C(=O)NCc1ccc(CN2CCCCC2C)cc1. The minimum absolute atomic E-state index is 0.255. The lowest BCUT2D eigenvalue weighted by Crippen LogP contribution is -2.36. The molecule has 1 amide bonds. The molecule has 1 saturated heterocycles. The number of carbonyl (C=O) groups excluding carboxylic acids is 1. The molecule has 1 atom stereocenters. The third-order valence-electron chi connectivity index (χ3n) is 6.34. The van der Waals surface area contributed by atoms with E-state index < -0.39 is 0 Å². The van der Waals surface area contributed by atoms with Crippen molar-refractivity contribution in [3.05, 3.63) is 87.4 Å². The molecule has 1 unspecified atom stereocenters. The zero-order valence-corrected chi connectivity index (χ0v) is 19.9. The summed E-state index contributed by atoms with van der Waals surface area (Å²) in [6.07, 6.45) is 3.87. The first-order chi connectivity index (χ1) is 15.9. The molecule has 0 radical (unpaired) electrons. The summed E-state index contributed by atoms with van der Waals surface area (Å²) < 4.78 is 14.7. The number of rotatable bonds is 7. The van der Waals surface area contributed by atoms with Crippen LogP contribution in [0.1, 0.15) is 58.9 Å². The highest BCUT2D eigenvalue weighted by atomic mass is 35.5. The summed E-state index contributed by atoms with van der Waals surface area (Å²) in [5.74, 6) is -0.551. The molecule has 1 aliphatic rings. The molecule has 1 aromatic heterocycles. The molecule has 0 bridgehead atoms. The molecule has 174 valence electrons. The highest BCUT2D eigenvalue weighted by molar-refractivity contribution is 6.33. The lowest BCUT2D eigenvalue weighted by Gasteiger charge is -2.33. The van der Waals surface area contributed by atoms with E-state index in [2.05, 4.69) is 46.5 Å². The molecular weight excluding hydrogens is 439 g/mol. The van der Waals surface area contributed by atoms with E-state index in [0.29, 0.717) is 30.4 Å². The van der Waals surface area contributed by atoms with Gasteiger partial charge in [0, 0.05) is 19.1 Å². The molecule has 1 fully saturated rings. The van der Waals surface area contributed by atoms with Gasteiger partial charge in [0.15, 0.2) is 0 Å². The maximum absolute atomic E-state index is 13.1. The van der Waals surface area contributed by atoms with Gasteiger partial charge in [-0.05, 0) is 62.1 Å². The number of likely N-dealkylation sites (tertiary alicyclic amines) is 1. The first-order valence-electron chi connectivity index (χ1n) is 11.5. The van der Waals surface area contributed by atoms with Crippen molar-refractivity contribution in [3.8, 4) is 0 Å². The summed E-state index contributed by atoms with van der Waals surface area (Å²) in [4.78, 5) is 15.4. The Bertz CT molecular complexity index is 1090. The second kappa shape index (κ2) is 10.5. The number of hydrogen-bond acceptors (Lipinski definition) is 3. The van der Waals surface area contributed by atoms with Gasteiger partial charge in [0.1, 0.15) is 11.0 Å². The van der Waals surface area contributed by atoms with E-state index in [1.807, 2.05) is 0 Å². The Balaban J connectivity index is 1.35. The van der Waals surface area contributed by atoms with Gasteiger partial charge in [0.25, 0.3) is 5.91 Å². The lowest BCUT2D eigenvalue weighted by atomic mass is 10.0. The first kappa shape index (κ1) is 23.5. The van der Waals surface area contributed by atoms with Crippen LogP contribution in [0.3, 0.4) is 0 Å². The number of nitrogens with zero attached hydrogens (tertiary/aromatic N) is 3. The Kier molecular flexibility index (Phi) is 7.46. The van der Waals surface area contributed by atoms with Crippen LogP contribution in [0, 0.1) is 12.7 Å². The Labute approximate surface area is 199 Å². The van der Waals surface area contributed by atoms with E-state index in [0.717, 1.165) is 24.2 Å². The van der Waals surface area contributed by atoms with E-state index in [1.165, 1.54) is 37.0 Å². The molecular formula is C26H30ClFN4O. The van der Waals surface area contributed by atoms with Gasteiger partial charge in [-0.15, -0.1) is 0 Å². The molecule has 0 spiro atoms. The van der Waals surface area contributed by atoms with Gasteiger partial charge < -0.3 is 5.32 Å². The van der Waals surface area contributed by atoms with Crippen LogP contribution in [-0.2, 0) is 19.6 Å². The number of benzene rings is 2. The van der Waals surface area contributed by atoms with Crippen molar-refractivity contribution < 1.29 is 9.18 Å². The minimum atomic E-state index is -0.296. The molecule has 5 nitrogen and oxygen atoms in total. The number of nitrogens with one attached hydrogen (secondary N) is 1. The largest absolute Gasteiger partial charge is 0.348 e. The molecule has 7 heteroatoms. The number of hydrogen-bond donors (Lipinski definition) is 1. The van der Waals surface area contributed by atoms with Crippen molar-refractivity contribution in [1.29, 1.82) is 0 Å². The number of aryl methyl sites for hydroxylation is 1. The summed E-state index contributed by atoms with van der Waals surface area (Å²) in [5.41, 5.74) is 4.11. The van der Waals surface area contributed by atoms with Gasteiger partial charge in [0.05, 0.1) is 17.8 Å². The zero-order valence-electron chi connectivity index (χ0n) is 19.2. The number of amides is 1. The Morgan fingerprint density at radius 1 is 1.06 bits per heavy atom. The highest BCUT2D eigenvalue weighted by Gasteiger charge is 2.21. The van der Waals surface area contributed by atoms with E-state index in [-0.39, 0.29) is 16.9 Å². The summed E-state index contributed by atoms with van der Waals surface area (Å²) in [5, 5.41) is 7.63. The zero-order chi connectivity index (χ0) is 23.4. The monoisotopic (exact) mass is 468 g/mol. The van der Waals surface area contributed by atoms with Crippen LogP contribution in [0.5, 0.6) is 0 Å². The predicted molar refractivity (Wildman–Crippen MR) is 129 cm³/mol. The van der Waals surface area contributed by atoms with Crippen molar-refractivity contribution in [3.63, 3.8) is 0 Å². The normalized spacial score (nSPS) is 16.7. The predicted octanol–water partition coefficient (Wildman–Crippen LogP) is 5.34. The fourth-order valence-electron chi connectivity index (χ4n) is 4.34. The standard InChI is InChI=1S/C26H30ClFN4O/c1-18-5-3-4-14-31(18)16-21-8-6-20(7-9-21)15-29-26(33)24-19(2)30-32(25(24)27)17-22-10-12-23(28)13-11-22/h6-13,18H,3-5,14-17H2,1-2H3,(H,29,33). The lowest BCUT2D eigenvalue weighted by molar-refractivity contribution is 0.0950. The molecule has 0 aliphatic carbocycles. The van der Waals surface area contributed by atoms with Gasteiger partial charge in [0.2, 0.25) is 0 Å². The van der Waals surface area contributed by atoms with E-state index >= 15 is 0 Å². The van der Waals surface area contributed by atoms with Crippen molar-refractivity contribution in [2.24, 2.45) is 0 Å². The summed E-state index contributed by atoms with van der Waals surface area (Å²) in [7, 11) is 0. The molecule has 2 heterocycles. The fraction of sp³-hybridized carbons (Fsp3) is 0.385. The molecule has 3 aromatic rings. The Morgan fingerprint density at radius 3 is 2.39 bits per heavy atom. The second-order valence-electron chi connectivity index (χ2n) is 8.85. The molecule has 1 aliphatic heterocycles. The number of piperidine rings is 1. The van der Waals surface area contributed by atoms with Crippen LogP contribution in [0.15, 0.2) is 48.5 Å². The maximum Gasteiger partial charge on any atom is 0.256 e. The van der Waals surface area contributed by atoms with Crippen LogP contribution < -0.4 is 5.32 Å². The van der Waals surface area contributed by atoms with Crippen LogP contribution in [-0.4, -0.2) is 33.2 Å². The third-order valence-corrected chi connectivity index (χ3v) is 6.72. The van der Waals surface area contributed by atoms with Gasteiger partial charge in [-0.2, -0.15) is 5.10 Å². The molecule has 0 saturated carbocycles. The van der Waals surface area contributed by atoms with E-state index in [9.17, 15) is 9.18 Å². The van der Waals surface area contributed by atoms with Crippen LogP contribution in [0.2, 0.25) is 5.15 Å². The maximum atomic E-state index is 13.1. The Morgan fingerprint density at radius 2 is 1.70 bits per heavy atom. The first-order valence-corrected chi connectivity index (χ1v) is 11.9. The topological polar surface area (TPSA) is 50.2 Å². The second-order valence-corrected chi connectivity index (χ2v) is 9.21. The quantitative estimate of drug-likeness (QED) is 0.509. The van der Waals surface area contributed by atoms with Crippen LogP contribution in [0.4, 0.5) is 4.39 Å². The summed E-state index contributed by atoms with van der Waals surface area (Å²) in [6.45, 7) is 6.97. The molecule has 4 rings (SSSR count). The van der Waals surface area contributed by atoms with Crippen molar-refractivity contribution >= 4 is 17.5 Å². The van der Waals surface area contributed by atoms with Crippen molar-refractivity contribution in [2.75, 3.05) is 6.54 Å². The van der Waals surface area contributed by atoms with Gasteiger partial charge in [-0.3, -0.25) is 9.69 Å². The summed E-state index contributed by atoms with van der Waals surface area (Å²) >= 11 is 6.47. The van der Waals surface area contributed by atoms with Crippen LogP contribution in [0.25, 0.3) is 0 Å². The number of halogens is 2. The molecule has 2 aromatic carbocycles. The van der Waals surface area contributed by atoms with E-state index in [4.69, 9.17) is 11.6 Å². The minimum Gasteiger partial charge on any atom is -0.348 e. The highest BCUT2D eigenvalue weighted by Crippen LogP contribution is 2.22. The number of aromatic nitrogens is 2. The smallest absolute Gasteiger partial charge is 0.256 e. The number of carbonyl (C=O) groups is 1. The molecule has 1 N–H and O–H groups in total. The van der Waals surface area contributed by atoms with E-state index in [1.54, 1.807) is 23.7 Å². The van der Waals surface area contributed by atoms with Crippen LogP contribution >= 0.6 is 11.6 Å². The Hall–Kier alpha value is -2.70. The van der Waals surface area contributed by atoms with Crippen molar-refractivity contribution in [2.45, 2.75) is 58.8 Å². The fourth-order valence-corrected chi connectivity index (χ4v) is 4.66. The summed E-state index contributed by atoms with van der Waals surface area (Å²) in [6, 6.07) is 15.2. The average molecular weight is 469 g/mol. The average Bonchev–Trinajstić information content (AvgIpc) is 3.09. The van der Waals surface area contributed by atoms with Gasteiger partial charge >= 0.3 is 0 Å². The van der Waals surface area contributed by atoms with Gasteiger partial charge in [-0.25, -0.2) is 9.07 Å². The molecule has 33 heavy (non-hydrogen) atoms. The van der Waals surface area contributed by atoms with Gasteiger partial charge in [-0.1, -0.05) is 54.4 Å².